The number of likely N-dealkylation sites (N-methyl/N-ethyl adjacent to an activating group) is 1. The van der Waals surface area contributed by atoms with Crippen LogP contribution < -0.4 is 25.6 Å². The van der Waals surface area contributed by atoms with Gasteiger partial charge in [-0.3, -0.25) is 4.79 Å². The molecule has 1 aliphatic heterocycles. The van der Waals surface area contributed by atoms with Crippen LogP contribution in [0.3, 0.4) is 0 Å². The molecule has 1 saturated heterocycles. The second-order valence-corrected chi connectivity index (χ2v) is 11.9. The molecule has 2 heterocycles. The van der Waals surface area contributed by atoms with Gasteiger partial charge in [0.15, 0.2) is 0 Å². The molecule has 49 heavy (non-hydrogen) atoms. The number of aliphatic hydroxyl groups is 1. The first-order chi connectivity index (χ1) is 23.0. The Balaban J connectivity index is 0.000000723. The smallest absolute Gasteiger partial charge is 0.328 e. The van der Waals surface area contributed by atoms with Crippen molar-refractivity contribution in [2.75, 3.05) is 55.1 Å². The van der Waals surface area contributed by atoms with Gasteiger partial charge < -0.3 is 45.8 Å². The van der Waals surface area contributed by atoms with Gasteiger partial charge in [-0.1, -0.05) is 18.2 Å². The minimum Gasteiger partial charge on any atom is -0.494 e. The number of carbonyl (C=O) groups is 3. The molecule has 3 aromatic rings. The van der Waals surface area contributed by atoms with E-state index in [1.807, 2.05) is 6.07 Å². The first kappa shape index (κ1) is 38.2. The van der Waals surface area contributed by atoms with E-state index in [1.165, 1.54) is 18.2 Å². The Morgan fingerprint density at radius 1 is 1.10 bits per heavy atom. The van der Waals surface area contributed by atoms with Crippen molar-refractivity contribution in [2.45, 2.75) is 31.9 Å². The lowest BCUT2D eigenvalue weighted by atomic mass is 9.96. The number of ether oxygens (including phenoxy) is 1. The highest BCUT2D eigenvalue weighted by atomic mass is 35.5. The number of aromatic nitrogens is 2. The summed E-state index contributed by atoms with van der Waals surface area (Å²) in [6.07, 6.45) is 4.87. The summed E-state index contributed by atoms with van der Waals surface area (Å²) in [5.41, 5.74) is 1.30. The van der Waals surface area contributed by atoms with Gasteiger partial charge in [-0.15, -0.1) is 0 Å². The van der Waals surface area contributed by atoms with Crippen molar-refractivity contribution in [3.8, 4) is 5.75 Å². The van der Waals surface area contributed by atoms with E-state index in [4.69, 9.17) is 26.6 Å². The molecule has 0 saturated carbocycles. The quantitative estimate of drug-likeness (QED) is 0.139. The minimum absolute atomic E-state index is 0.0956. The lowest BCUT2D eigenvalue weighted by Crippen LogP contribution is -2.31. The van der Waals surface area contributed by atoms with Crippen molar-refractivity contribution >= 4 is 64.0 Å². The molecule has 4 rings (SSSR count). The number of benzene rings is 2. The number of nitrogens with one attached hydrogen (secondary N) is 3. The van der Waals surface area contributed by atoms with E-state index < -0.39 is 23.4 Å². The molecular formula is C33H39ClFN7O7. The first-order valence-electron chi connectivity index (χ1n) is 14.8. The Morgan fingerprint density at radius 2 is 1.78 bits per heavy atom. The zero-order chi connectivity index (χ0) is 36.5. The normalized spacial score (nSPS) is 14.2. The van der Waals surface area contributed by atoms with Gasteiger partial charge in [-0.25, -0.2) is 19.0 Å². The van der Waals surface area contributed by atoms with Crippen LogP contribution in [0.5, 0.6) is 5.75 Å². The molecule has 1 aromatic heterocycles. The number of amides is 1. The second kappa shape index (κ2) is 16.7. The number of anilines is 6. The summed E-state index contributed by atoms with van der Waals surface area (Å²) in [6, 6.07) is 8.25. The molecule has 16 heteroatoms. The molecule has 2 aromatic carbocycles. The third-order valence-corrected chi connectivity index (χ3v) is 7.54. The number of methoxy groups -OCH3 is 1. The summed E-state index contributed by atoms with van der Waals surface area (Å²) in [7, 11) is 5.68. The van der Waals surface area contributed by atoms with Crippen molar-refractivity contribution in [2.24, 2.45) is 0 Å². The molecule has 1 atom stereocenters. The maximum atomic E-state index is 14.2. The summed E-state index contributed by atoms with van der Waals surface area (Å²) >= 11 is 6.02. The van der Waals surface area contributed by atoms with E-state index in [2.05, 4.69) is 56.4 Å². The molecule has 0 unspecified atom stereocenters. The van der Waals surface area contributed by atoms with Crippen molar-refractivity contribution in [3.05, 3.63) is 77.7 Å². The predicted molar refractivity (Wildman–Crippen MR) is 186 cm³/mol. The largest absolute Gasteiger partial charge is 0.494 e. The molecule has 1 amide bonds. The fourth-order valence-corrected chi connectivity index (χ4v) is 4.97. The molecule has 6 N–H and O–H groups in total. The van der Waals surface area contributed by atoms with Crippen LogP contribution in [-0.4, -0.2) is 88.4 Å². The first-order valence-corrected chi connectivity index (χ1v) is 15.2. The molecule has 0 aliphatic carbocycles. The van der Waals surface area contributed by atoms with Crippen LogP contribution in [0, 0.1) is 5.82 Å². The topological polar surface area (TPSA) is 189 Å². The van der Waals surface area contributed by atoms with E-state index >= 15 is 0 Å². The van der Waals surface area contributed by atoms with Gasteiger partial charge in [0.2, 0.25) is 11.9 Å². The van der Waals surface area contributed by atoms with E-state index in [-0.39, 0.29) is 16.9 Å². The van der Waals surface area contributed by atoms with Gasteiger partial charge in [0.1, 0.15) is 17.4 Å². The maximum Gasteiger partial charge on any atom is 0.328 e. The zero-order valence-electron chi connectivity index (χ0n) is 27.6. The number of hydrogen-bond donors (Lipinski definition) is 6. The number of carboxylic acid groups (broad SMARTS) is 2. The number of aliphatic carboxylic acids is 2. The van der Waals surface area contributed by atoms with Crippen molar-refractivity contribution < 1.29 is 38.8 Å². The van der Waals surface area contributed by atoms with Gasteiger partial charge in [0.25, 0.3) is 0 Å². The third-order valence-electron chi connectivity index (χ3n) is 7.25. The van der Waals surface area contributed by atoms with Crippen LogP contribution in [0.4, 0.5) is 38.9 Å². The van der Waals surface area contributed by atoms with Crippen LogP contribution in [0.1, 0.15) is 25.8 Å². The van der Waals surface area contributed by atoms with E-state index in [1.54, 1.807) is 39.3 Å². The predicted octanol–water partition coefficient (Wildman–Crippen LogP) is 4.97. The van der Waals surface area contributed by atoms with E-state index in [9.17, 15) is 23.9 Å². The average molecular weight is 700 g/mol. The maximum absolute atomic E-state index is 14.2. The summed E-state index contributed by atoms with van der Waals surface area (Å²) in [6.45, 7) is 8.30. The lowest BCUT2D eigenvalue weighted by molar-refractivity contribution is -0.134. The Morgan fingerprint density at radius 3 is 2.33 bits per heavy atom. The Kier molecular flexibility index (Phi) is 13.0. The zero-order valence-corrected chi connectivity index (χ0v) is 28.4. The summed E-state index contributed by atoms with van der Waals surface area (Å²) in [5.74, 6) is -2.36. The van der Waals surface area contributed by atoms with Gasteiger partial charge in [0.05, 0.1) is 34.8 Å². The molecule has 14 nitrogen and oxygen atoms in total. The van der Waals surface area contributed by atoms with Crippen LogP contribution >= 0.6 is 11.6 Å². The molecular weight excluding hydrogens is 661 g/mol. The van der Waals surface area contributed by atoms with Crippen molar-refractivity contribution in [3.63, 3.8) is 0 Å². The number of rotatable bonds is 12. The molecule has 0 bridgehead atoms. The van der Waals surface area contributed by atoms with Gasteiger partial charge in [-0.2, -0.15) is 4.98 Å². The molecule has 0 spiro atoms. The summed E-state index contributed by atoms with van der Waals surface area (Å²) < 4.78 is 19.9. The van der Waals surface area contributed by atoms with Gasteiger partial charge in [0, 0.05) is 54.8 Å². The Labute approximate surface area is 287 Å². The molecule has 1 aliphatic rings. The van der Waals surface area contributed by atoms with Crippen molar-refractivity contribution in [1.29, 1.82) is 0 Å². The second-order valence-electron chi connectivity index (χ2n) is 11.5. The van der Waals surface area contributed by atoms with Crippen LogP contribution in [0.15, 0.2) is 61.3 Å². The molecule has 1 fully saturated rings. The highest BCUT2D eigenvalue weighted by molar-refractivity contribution is 6.31. The number of carboxylic acids is 2. The van der Waals surface area contributed by atoms with E-state index in [0.29, 0.717) is 52.4 Å². The summed E-state index contributed by atoms with van der Waals surface area (Å²) in [5, 5.41) is 35.3. The monoisotopic (exact) mass is 699 g/mol. The van der Waals surface area contributed by atoms with Crippen LogP contribution in [0.25, 0.3) is 0 Å². The van der Waals surface area contributed by atoms with Gasteiger partial charge >= 0.3 is 11.9 Å². The Hall–Kier alpha value is -5.25. The molecule has 262 valence electrons. The van der Waals surface area contributed by atoms with Crippen LogP contribution in [0.2, 0.25) is 5.02 Å². The molecule has 0 radical (unpaired) electrons. The SMILES string of the molecule is C=CC(=O)Nc1cc(Nc2nccc(Nc3cc(Cl)c(F)cc3C(C)(C)O)n2)c(OC)cc1N1CC[C@@H](N(C)C)C1.O=C(O)/C=C\C(=O)O. The van der Waals surface area contributed by atoms with Gasteiger partial charge in [-0.05, 0) is 64.7 Å². The Bertz CT molecular complexity index is 1710. The van der Waals surface area contributed by atoms with Crippen LogP contribution in [-0.2, 0) is 20.0 Å². The standard InChI is InChI=1S/C29H35ClFN7O3.C4H4O4/c1-7-27(39)34-22-14-23(25(41-6)15-24(22)38-11-9-17(16-38)37(4)5)35-28-32-10-8-26(36-28)33-21-13-19(30)20(31)12-18(21)29(2,3)40;5-3(6)1-2-4(7)8/h7-8,10,12-15,17,40H,1,9,11,16H2,2-6H3,(H,34,39)(H2,32,33,35,36);1-2H,(H,5,6)(H,7,8)/b;2-1-/t17-;/m1./s1. The lowest BCUT2D eigenvalue weighted by Gasteiger charge is -2.25. The summed E-state index contributed by atoms with van der Waals surface area (Å²) in [4.78, 5) is 44.7. The average Bonchev–Trinajstić information content (AvgIpc) is 3.52. The highest BCUT2D eigenvalue weighted by Gasteiger charge is 2.27. The number of halogens is 2. The number of hydrogen-bond acceptors (Lipinski definition) is 11. The minimum atomic E-state index is -1.34. The fraction of sp³-hybridized carbons (Fsp3) is 0.303. The number of nitrogens with zero attached hydrogens (tertiary/aromatic N) is 4. The van der Waals surface area contributed by atoms with Crippen molar-refractivity contribution in [1.82, 2.24) is 14.9 Å². The third kappa shape index (κ3) is 10.9. The highest BCUT2D eigenvalue weighted by Crippen LogP contribution is 2.40. The van der Waals surface area contributed by atoms with E-state index in [0.717, 1.165) is 25.2 Å². The number of carbonyl (C=O) groups excluding carboxylic acids is 1. The fourth-order valence-electron chi connectivity index (χ4n) is 4.81.